The molecular weight excluding hydrogens is 424 g/mol. The number of anilines is 1. The maximum absolute atomic E-state index is 13.5. The lowest BCUT2D eigenvalue weighted by Gasteiger charge is -2.23. The molecule has 4 aliphatic rings. The van der Waals surface area contributed by atoms with Crippen LogP contribution in [0.15, 0.2) is 54.6 Å². The van der Waals surface area contributed by atoms with Crippen molar-refractivity contribution < 1.29 is 28.5 Å². The van der Waals surface area contributed by atoms with Crippen LogP contribution in [0.5, 0.6) is 17.2 Å². The molecule has 0 radical (unpaired) electrons. The predicted octanol–water partition coefficient (Wildman–Crippen LogP) is 2.07. The van der Waals surface area contributed by atoms with Crippen LogP contribution in [-0.4, -0.2) is 50.5 Å². The van der Waals surface area contributed by atoms with Crippen molar-refractivity contribution in [3.05, 3.63) is 60.2 Å². The van der Waals surface area contributed by atoms with Crippen LogP contribution in [0.4, 0.5) is 5.69 Å². The second kappa shape index (κ2) is 7.52. The molecular formula is C25H24N2O6. The molecule has 170 valence electrons. The first kappa shape index (κ1) is 20.1. The van der Waals surface area contributed by atoms with Crippen LogP contribution >= 0.6 is 0 Å². The summed E-state index contributed by atoms with van der Waals surface area (Å²) < 4.78 is 22.2. The average molecular weight is 448 g/mol. The van der Waals surface area contributed by atoms with Crippen LogP contribution in [0, 0.1) is 11.8 Å². The first-order valence-corrected chi connectivity index (χ1v) is 11.1. The summed E-state index contributed by atoms with van der Waals surface area (Å²) in [5, 5.41) is 3.01. The summed E-state index contributed by atoms with van der Waals surface area (Å²) in [5.74, 6) is 0.738. The third-order valence-electron chi connectivity index (χ3n) is 6.94. The minimum absolute atomic E-state index is 0.101. The van der Waals surface area contributed by atoms with Gasteiger partial charge in [0.1, 0.15) is 11.4 Å². The largest absolute Gasteiger partial charge is 0.497 e. The lowest BCUT2D eigenvalue weighted by atomic mass is 9.77. The SMILES string of the molecule is COc1ccc(CCNC(=O)[C@H]2[C@@H]3C=C[C@@]4(CN(c5ccc6c(c5)OCO6)C(=O)[C@@H]24)O3)cc1. The van der Waals surface area contributed by atoms with Gasteiger partial charge in [-0.05, 0) is 36.2 Å². The van der Waals surface area contributed by atoms with E-state index in [4.69, 9.17) is 18.9 Å². The first-order chi connectivity index (χ1) is 16.1. The molecule has 4 atom stereocenters. The Morgan fingerprint density at radius 1 is 1.18 bits per heavy atom. The number of benzene rings is 2. The van der Waals surface area contributed by atoms with E-state index in [1.807, 2.05) is 42.5 Å². The van der Waals surface area contributed by atoms with Crippen molar-refractivity contribution in [1.29, 1.82) is 0 Å². The molecule has 33 heavy (non-hydrogen) atoms. The summed E-state index contributed by atoms with van der Waals surface area (Å²) in [6.45, 7) is 1.03. The fourth-order valence-corrected chi connectivity index (χ4v) is 5.31. The summed E-state index contributed by atoms with van der Waals surface area (Å²) in [7, 11) is 1.63. The van der Waals surface area contributed by atoms with Gasteiger partial charge < -0.3 is 29.2 Å². The van der Waals surface area contributed by atoms with Gasteiger partial charge in [-0.15, -0.1) is 0 Å². The van der Waals surface area contributed by atoms with Crippen molar-refractivity contribution in [1.82, 2.24) is 5.32 Å². The smallest absolute Gasteiger partial charge is 0.234 e. The maximum Gasteiger partial charge on any atom is 0.234 e. The lowest BCUT2D eigenvalue weighted by Crippen LogP contribution is -2.44. The highest BCUT2D eigenvalue weighted by Crippen LogP contribution is 2.53. The number of rotatable bonds is 6. The lowest BCUT2D eigenvalue weighted by molar-refractivity contribution is -0.131. The fourth-order valence-electron chi connectivity index (χ4n) is 5.31. The molecule has 1 spiro atoms. The van der Waals surface area contributed by atoms with E-state index < -0.39 is 17.4 Å². The molecule has 2 aromatic rings. The van der Waals surface area contributed by atoms with Crippen LogP contribution in [0.3, 0.4) is 0 Å². The molecule has 0 unspecified atom stereocenters. The van der Waals surface area contributed by atoms with Gasteiger partial charge in [-0.2, -0.15) is 0 Å². The Balaban J connectivity index is 1.16. The van der Waals surface area contributed by atoms with Crippen molar-refractivity contribution in [2.24, 2.45) is 11.8 Å². The number of amides is 2. The minimum atomic E-state index is -0.768. The van der Waals surface area contributed by atoms with Crippen LogP contribution in [0.2, 0.25) is 0 Å². The van der Waals surface area contributed by atoms with Crippen LogP contribution in [0.1, 0.15) is 5.56 Å². The zero-order valence-corrected chi connectivity index (χ0v) is 18.2. The number of nitrogens with one attached hydrogen (secondary N) is 1. The highest BCUT2D eigenvalue weighted by atomic mass is 16.7. The molecule has 8 nitrogen and oxygen atoms in total. The number of hydrogen-bond acceptors (Lipinski definition) is 6. The topological polar surface area (TPSA) is 86.3 Å². The zero-order valence-electron chi connectivity index (χ0n) is 18.2. The predicted molar refractivity (Wildman–Crippen MR) is 118 cm³/mol. The van der Waals surface area contributed by atoms with Crippen molar-refractivity contribution in [2.45, 2.75) is 18.1 Å². The quantitative estimate of drug-likeness (QED) is 0.681. The minimum Gasteiger partial charge on any atom is -0.497 e. The van der Waals surface area contributed by atoms with Gasteiger partial charge in [0.05, 0.1) is 31.6 Å². The standard InChI is InChI=1S/C25H24N2O6/c1-30-17-5-2-15(3-6-17)9-11-26-23(28)21-19-8-10-25(33-19)13-27(24(29)22(21)25)16-4-7-18-20(12-16)32-14-31-18/h2-8,10,12,19,21-22H,9,11,13-14H2,1H3,(H,26,28)/t19-,21-,22+,25-/m0/s1. The number of ether oxygens (including phenoxy) is 4. The summed E-state index contributed by atoms with van der Waals surface area (Å²) in [5.41, 5.74) is 1.05. The van der Waals surface area contributed by atoms with Crippen molar-refractivity contribution in [2.75, 3.05) is 31.9 Å². The molecule has 0 aliphatic carbocycles. The summed E-state index contributed by atoms with van der Waals surface area (Å²) in [4.78, 5) is 28.3. The molecule has 2 amide bonds. The van der Waals surface area contributed by atoms with E-state index in [1.165, 1.54) is 0 Å². The van der Waals surface area contributed by atoms with E-state index in [2.05, 4.69) is 5.32 Å². The van der Waals surface area contributed by atoms with Gasteiger partial charge in [-0.3, -0.25) is 9.59 Å². The molecule has 0 saturated carbocycles. The number of fused-ring (bicyclic) bond motifs is 2. The second-order valence-electron chi connectivity index (χ2n) is 8.75. The van der Waals surface area contributed by atoms with E-state index in [1.54, 1.807) is 24.1 Å². The van der Waals surface area contributed by atoms with Gasteiger partial charge in [0.15, 0.2) is 11.5 Å². The third-order valence-corrected chi connectivity index (χ3v) is 6.94. The Kier molecular flexibility index (Phi) is 4.58. The Morgan fingerprint density at radius 2 is 2.00 bits per heavy atom. The molecule has 2 saturated heterocycles. The van der Waals surface area contributed by atoms with Crippen molar-refractivity contribution in [3.63, 3.8) is 0 Å². The van der Waals surface area contributed by atoms with E-state index in [9.17, 15) is 9.59 Å². The Morgan fingerprint density at radius 3 is 2.82 bits per heavy atom. The van der Waals surface area contributed by atoms with Gasteiger partial charge >= 0.3 is 0 Å². The highest BCUT2D eigenvalue weighted by molar-refractivity contribution is 6.03. The number of nitrogens with zero attached hydrogens (tertiary/aromatic N) is 1. The Labute approximate surface area is 191 Å². The maximum atomic E-state index is 13.5. The van der Waals surface area contributed by atoms with E-state index in [-0.39, 0.29) is 24.7 Å². The third kappa shape index (κ3) is 3.16. The Hall–Kier alpha value is -3.52. The zero-order chi connectivity index (χ0) is 22.6. The van der Waals surface area contributed by atoms with Crippen molar-refractivity contribution in [3.8, 4) is 17.2 Å². The number of carbonyl (C=O) groups is 2. The number of carbonyl (C=O) groups excluding carboxylic acids is 2. The van der Waals surface area contributed by atoms with E-state index in [0.717, 1.165) is 11.3 Å². The molecule has 1 N–H and O–H groups in total. The highest BCUT2D eigenvalue weighted by Gasteiger charge is 2.67. The molecule has 8 heteroatoms. The molecule has 0 aromatic heterocycles. The molecule has 4 heterocycles. The van der Waals surface area contributed by atoms with Gasteiger partial charge in [-0.25, -0.2) is 0 Å². The summed E-state index contributed by atoms with van der Waals surface area (Å²) >= 11 is 0. The fraction of sp³-hybridized carbons (Fsp3) is 0.360. The van der Waals surface area contributed by atoms with Gasteiger partial charge in [0, 0.05) is 18.3 Å². The van der Waals surface area contributed by atoms with Gasteiger partial charge in [0.25, 0.3) is 0 Å². The van der Waals surface area contributed by atoms with E-state index >= 15 is 0 Å². The molecule has 2 fully saturated rings. The average Bonchev–Trinajstić information content (AvgIpc) is 3.59. The van der Waals surface area contributed by atoms with Crippen LogP contribution in [0.25, 0.3) is 0 Å². The molecule has 4 aliphatic heterocycles. The summed E-state index contributed by atoms with van der Waals surface area (Å²) in [6.07, 6.45) is 4.19. The van der Waals surface area contributed by atoms with Crippen LogP contribution in [-0.2, 0) is 20.7 Å². The van der Waals surface area contributed by atoms with Crippen LogP contribution < -0.4 is 24.4 Å². The van der Waals surface area contributed by atoms with Gasteiger partial charge in [0.2, 0.25) is 18.6 Å². The number of hydrogen-bond donors (Lipinski definition) is 1. The van der Waals surface area contributed by atoms with E-state index in [0.29, 0.717) is 36.7 Å². The Bertz CT molecular complexity index is 1150. The van der Waals surface area contributed by atoms with Gasteiger partial charge in [-0.1, -0.05) is 24.3 Å². The molecule has 6 rings (SSSR count). The van der Waals surface area contributed by atoms with Crippen molar-refractivity contribution >= 4 is 17.5 Å². The summed E-state index contributed by atoms with van der Waals surface area (Å²) in [6, 6.07) is 13.2. The first-order valence-electron chi connectivity index (χ1n) is 11.1. The molecule has 2 aromatic carbocycles. The normalized spacial score (nSPS) is 28.3. The molecule has 2 bridgehead atoms. The monoisotopic (exact) mass is 448 g/mol. The second-order valence-corrected chi connectivity index (χ2v) is 8.75. The number of methoxy groups -OCH3 is 1.